The molecule has 0 bridgehead atoms. The molecule has 0 saturated heterocycles. The highest BCUT2D eigenvalue weighted by molar-refractivity contribution is 5.94. The third-order valence-corrected chi connectivity index (χ3v) is 3.86. The van der Waals surface area contributed by atoms with Crippen molar-refractivity contribution < 1.29 is 27.8 Å². The van der Waals surface area contributed by atoms with E-state index in [9.17, 15) is 18.0 Å². The van der Waals surface area contributed by atoms with Gasteiger partial charge in [-0.25, -0.2) is 4.68 Å². The SMILES string of the molecule is O=C(NCCCO)c1ccc(-c2cnn(-c3ccc(OC(F)(F)F)cc3)c2)nc1. The van der Waals surface area contributed by atoms with Crippen LogP contribution < -0.4 is 10.1 Å². The number of aromatic nitrogens is 3. The Hall–Kier alpha value is -3.40. The number of aliphatic hydroxyl groups is 1. The van der Waals surface area contributed by atoms with Crippen LogP contribution in [-0.2, 0) is 0 Å². The van der Waals surface area contributed by atoms with E-state index in [1.54, 1.807) is 24.5 Å². The molecule has 0 aliphatic rings. The molecule has 10 heteroatoms. The number of benzene rings is 1. The maximum absolute atomic E-state index is 12.2. The quantitative estimate of drug-likeness (QED) is 0.589. The first-order chi connectivity index (χ1) is 13.9. The lowest BCUT2D eigenvalue weighted by Gasteiger charge is -2.09. The number of carbonyl (C=O) groups excluding carboxylic acids is 1. The van der Waals surface area contributed by atoms with E-state index in [1.807, 2.05) is 0 Å². The number of ether oxygens (including phenoxy) is 1. The van der Waals surface area contributed by atoms with Crippen LogP contribution >= 0.6 is 0 Å². The van der Waals surface area contributed by atoms with Crippen LogP contribution in [0.25, 0.3) is 16.9 Å². The van der Waals surface area contributed by atoms with Gasteiger partial charge in [-0.1, -0.05) is 0 Å². The second kappa shape index (κ2) is 8.74. The fourth-order valence-corrected chi connectivity index (χ4v) is 2.48. The highest BCUT2D eigenvalue weighted by Crippen LogP contribution is 2.24. The number of carbonyl (C=O) groups is 1. The van der Waals surface area contributed by atoms with Gasteiger partial charge in [0.25, 0.3) is 5.91 Å². The summed E-state index contributed by atoms with van der Waals surface area (Å²) in [4.78, 5) is 16.2. The molecule has 0 aliphatic heterocycles. The zero-order valence-electron chi connectivity index (χ0n) is 15.1. The van der Waals surface area contributed by atoms with E-state index in [1.165, 1.54) is 35.1 Å². The summed E-state index contributed by atoms with van der Waals surface area (Å²) in [7, 11) is 0. The number of rotatable bonds is 7. The number of nitrogens with zero attached hydrogens (tertiary/aromatic N) is 3. The Morgan fingerprint density at radius 2 is 1.90 bits per heavy atom. The highest BCUT2D eigenvalue weighted by Gasteiger charge is 2.30. The maximum atomic E-state index is 12.2. The van der Waals surface area contributed by atoms with Crippen LogP contribution in [0.2, 0.25) is 0 Å². The first-order valence-corrected chi connectivity index (χ1v) is 8.62. The van der Waals surface area contributed by atoms with E-state index in [-0.39, 0.29) is 18.3 Å². The van der Waals surface area contributed by atoms with Gasteiger partial charge in [0, 0.05) is 31.1 Å². The van der Waals surface area contributed by atoms with Gasteiger partial charge in [-0.15, -0.1) is 13.2 Å². The minimum absolute atomic E-state index is 0.000459. The number of amides is 1. The summed E-state index contributed by atoms with van der Waals surface area (Å²) < 4.78 is 42.0. The third-order valence-electron chi connectivity index (χ3n) is 3.86. The number of nitrogens with one attached hydrogen (secondary N) is 1. The summed E-state index contributed by atoms with van der Waals surface area (Å²) in [6.07, 6.45) is 0.393. The van der Waals surface area contributed by atoms with Crippen molar-refractivity contribution in [1.29, 1.82) is 0 Å². The van der Waals surface area contributed by atoms with E-state index in [0.717, 1.165) is 0 Å². The zero-order chi connectivity index (χ0) is 20.9. The summed E-state index contributed by atoms with van der Waals surface area (Å²) in [5.74, 6) is -0.600. The Kier molecular flexibility index (Phi) is 6.13. The lowest BCUT2D eigenvalue weighted by molar-refractivity contribution is -0.274. The predicted octanol–water partition coefficient (Wildman–Crippen LogP) is 2.95. The van der Waals surface area contributed by atoms with Crippen molar-refractivity contribution in [2.45, 2.75) is 12.8 Å². The fourth-order valence-electron chi connectivity index (χ4n) is 2.48. The Morgan fingerprint density at radius 3 is 2.52 bits per heavy atom. The van der Waals surface area contributed by atoms with Crippen molar-refractivity contribution >= 4 is 5.91 Å². The fraction of sp³-hybridized carbons (Fsp3) is 0.211. The van der Waals surface area contributed by atoms with Gasteiger partial charge in [0.2, 0.25) is 0 Å². The summed E-state index contributed by atoms with van der Waals surface area (Å²) in [6, 6.07) is 8.59. The first-order valence-electron chi connectivity index (χ1n) is 8.62. The number of aliphatic hydroxyl groups excluding tert-OH is 1. The minimum Gasteiger partial charge on any atom is -0.406 e. The largest absolute Gasteiger partial charge is 0.573 e. The van der Waals surface area contributed by atoms with Crippen molar-refractivity contribution in [1.82, 2.24) is 20.1 Å². The van der Waals surface area contributed by atoms with Crippen LogP contribution in [0.4, 0.5) is 13.2 Å². The molecule has 0 spiro atoms. The van der Waals surface area contributed by atoms with Crippen LogP contribution in [0.3, 0.4) is 0 Å². The molecule has 29 heavy (non-hydrogen) atoms. The molecule has 0 atom stereocenters. The molecule has 3 aromatic rings. The topological polar surface area (TPSA) is 89.3 Å². The molecular weight excluding hydrogens is 389 g/mol. The van der Waals surface area contributed by atoms with Crippen molar-refractivity contribution in [3.63, 3.8) is 0 Å². The van der Waals surface area contributed by atoms with Gasteiger partial charge in [0.1, 0.15) is 5.75 Å². The highest BCUT2D eigenvalue weighted by atomic mass is 19.4. The van der Waals surface area contributed by atoms with E-state index in [0.29, 0.717) is 35.5 Å². The monoisotopic (exact) mass is 406 g/mol. The molecule has 7 nitrogen and oxygen atoms in total. The van der Waals surface area contributed by atoms with Crippen LogP contribution in [0.5, 0.6) is 5.75 Å². The molecular formula is C19H17F3N4O3. The lowest BCUT2D eigenvalue weighted by Crippen LogP contribution is -2.25. The number of halogens is 3. The Labute approximate surface area is 163 Å². The first kappa shape index (κ1) is 20.3. The molecule has 2 heterocycles. The molecule has 0 saturated carbocycles. The summed E-state index contributed by atoms with van der Waals surface area (Å²) in [5, 5.41) is 15.6. The molecule has 0 aliphatic carbocycles. The second-order valence-electron chi connectivity index (χ2n) is 5.98. The lowest BCUT2D eigenvalue weighted by atomic mass is 10.2. The molecule has 2 N–H and O–H groups in total. The summed E-state index contributed by atoms with van der Waals surface area (Å²) in [6.45, 7) is 0.371. The smallest absolute Gasteiger partial charge is 0.406 e. The summed E-state index contributed by atoms with van der Waals surface area (Å²) >= 11 is 0. The van der Waals surface area contributed by atoms with E-state index in [2.05, 4.69) is 20.1 Å². The molecule has 0 unspecified atom stereocenters. The number of alkyl halides is 3. The van der Waals surface area contributed by atoms with Crippen LogP contribution in [-0.4, -0.2) is 45.3 Å². The maximum Gasteiger partial charge on any atom is 0.573 e. The van der Waals surface area contributed by atoms with Crippen LogP contribution in [0, 0.1) is 0 Å². The minimum atomic E-state index is -4.74. The van der Waals surface area contributed by atoms with Gasteiger partial charge < -0.3 is 15.2 Å². The average molecular weight is 406 g/mol. The predicted molar refractivity (Wildman–Crippen MR) is 97.5 cm³/mol. The molecule has 1 aromatic carbocycles. The van der Waals surface area contributed by atoms with Crippen molar-refractivity contribution in [2.24, 2.45) is 0 Å². The van der Waals surface area contributed by atoms with Gasteiger partial charge in [-0.3, -0.25) is 9.78 Å². The van der Waals surface area contributed by atoms with Crippen LogP contribution in [0.1, 0.15) is 16.8 Å². The molecule has 0 radical (unpaired) electrons. The van der Waals surface area contributed by atoms with Crippen molar-refractivity contribution in [2.75, 3.05) is 13.2 Å². The average Bonchev–Trinajstić information content (AvgIpc) is 3.18. The second-order valence-corrected chi connectivity index (χ2v) is 5.98. The normalized spacial score (nSPS) is 11.3. The number of hydrogen-bond donors (Lipinski definition) is 2. The van der Waals surface area contributed by atoms with E-state index < -0.39 is 6.36 Å². The van der Waals surface area contributed by atoms with Crippen molar-refractivity contribution in [3.8, 4) is 22.7 Å². The van der Waals surface area contributed by atoms with Gasteiger partial charge in [-0.2, -0.15) is 5.10 Å². The third kappa shape index (κ3) is 5.55. The molecule has 2 aromatic heterocycles. The van der Waals surface area contributed by atoms with E-state index >= 15 is 0 Å². The Bertz CT molecular complexity index is 954. The molecule has 0 fully saturated rings. The molecule has 152 valence electrons. The van der Waals surface area contributed by atoms with Crippen molar-refractivity contribution in [3.05, 3.63) is 60.6 Å². The van der Waals surface area contributed by atoms with E-state index in [4.69, 9.17) is 5.11 Å². The molecule has 3 rings (SSSR count). The molecule has 1 amide bonds. The zero-order valence-corrected chi connectivity index (χ0v) is 15.1. The Balaban J connectivity index is 1.69. The van der Waals surface area contributed by atoms with Crippen LogP contribution in [0.15, 0.2) is 55.0 Å². The number of pyridine rings is 1. The summed E-state index contributed by atoms with van der Waals surface area (Å²) in [5.41, 5.74) is 2.19. The van der Waals surface area contributed by atoms with Gasteiger partial charge in [-0.05, 0) is 42.8 Å². The van der Waals surface area contributed by atoms with Gasteiger partial charge >= 0.3 is 6.36 Å². The number of hydrogen-bond acceptors (Lipinski definition) is 5. The van der Waals surface area contributed by atoms with Gasteiger partial charge in [0.15, 0.2) is 0 Å². The Morgan fingerprint density at radius 1 is 1.14 bits per heavy atom. The van der Waals surface area contributed by atoms with Gasteiger partial charge in [0.05, 0.1) is 23.1 Å². The standard InChI is InChI=1S/C19H17F3N4O3/c20-19(21,22)29-16-5-3-15(4-6-16)26-12-14(11-25-26)17-7-2-13(10-24-17)18(28)23-8-1-9-27/h2-7,10-12,27H,1,8-9H2,(H,23,28).